The highest BCUT2D eigenvalue weighted by atomic mass is 16.5. The lowest BCUT2D eigenvalue weighted by molar-refractivity contribution is -0.858. The summed E-state index contributed by atoms with van der Waals surface area (Å²) in [5.41, 5.74) is 10.0. The van der Waals surface area contributed by atoms with E-state index in [9.17, 15) is 4.79 Å². The van der Waals surface area contributed by atoms with Crippen molar-refractivity contribution >= 4 is 16.9 Å². The molecule has 0 fully saturated rings. The third kappa shape index (κ3) is 3.38. The van der Waals surface area contributed by atoms with E-state index >= 15 is 0 Å². The van der Waals surface area contributed by atoms with E-state index in [0.717, 1.165) is 36.1 Å². The van der Waals surface area contributed by atoms with E-state index in [4.69, 9.17) is 15.2 Å². The van der Waals surface area contributed by atoms with Gasteiger partial charge in [-0.05, 0) is 25.0 Å². The van der Waals surface area contributed by atoms with Crippen LogP contribution in [0.25, 0.3) is 22.2 Å². The Morgan fingerprint density at radius 1 is 1.36 bits per heavy atom. The predicted molar refractivity (Wildman–Crippen MR) is 105 cm³/mol. The molecule has 28 heavy (non-hydrogen) atoms. The zero-order valence-corrected chi connectivity index (χ0v) is 16.0. The largest absolute Gasteiger partial charge is 0.487 e. The van der Waals surface area contributed by atoms with E-state index in [1.807, 2.05) is 20.2 Å². The van der Waals surface area contributed by atoms with Crippen molar-refractivity contribution < 1.29 is 19.2 Å². The Kier molecular flexibility index (Phi) is 4.87. The first-order valence-electron chi connectivity index (χ1n) is 9.38. The number of hydrogen-bond acceptors (Lipinski definition) is 5. The first kappa shape index (κ1) is 18.2. The fraction of sp³-hybridized carbons (Fsp3) is 0.350. The van der Waals surface area contributed by atoms with Crippen LogP contribution in [0.15, 0.2) is 24.7 Å². The zero-order chi connectivity index (χ0) is 19.7. The number of nitrogens with two attached hydrogens (primary N) is 1. The molecule has 0 atom stereocenters. The second-order valence-electron chi connectivity index (χ2n) is 7.23. The number of aromatic amines is 1. The minimum Gasteiger partial charge on any atom is -0.487 e. The van der Waals surface area contributed by atoms with E-state index < -0.39 is 5.91 Å². The van der Waals surface area contributed by atoms with Gasteiger partial charge in [-0.2, -0.15) is 0 Å². The quantitative estimate of drug-likeness (QED) is 0.578. The van der Waals surface area contributed by atoms with Gasteiger partial charge in [0, 0.05) is 22.9 Å². The number of rotatable bonds is 6. The smallest absolute Gasteiger partial charge is 0.254 e. The third-order valence-corrected chi connectivity index (χ3v) is 4.84. The van der Waals surface area contributed by atoms with Gasteiger partial charge in [0.15, 0.2) is 0 Å². The molecule has 0 saturated carbocycles. The molecule has 3 heterocycles. The minimum absolute atomic E-state index is 0.319. The van der Waals surface area contributed by atoms with E-state index in [1.54, 1.807) is 12.5 Å². The number of carbonyl (C=O) groups is 1. The van der Waals surface area contributed by atoms with Crippen LogP contribution < -0.4 is 20.1 Å². The summed E-state index contributed by atoms with van der Waals surface area (Å²) >= 11 is 0. The number of ether oxygens (including phenoxy) is 2. The van der Waals surface area contributed by atoms with Gasteiger partial charge in [0.1, 0.15) is 24.5 Å². The molecule has 8 heteroatoms. The van der Waals surface area contributed by atoms with Crippen LogP contribution in [-0.4, -0.2) is 54.7 Å². The molecule has 1 aromatic carbocycles. The maximum absolute atomic E-state index is 12.1. The van der Waals surface area contributed by atoms with Crippen molar-refractivity contribution in [1.82, 2.24) is 15.0 Å². The summed E-state index contributed by atoms with van der Waals surface area (Å²) in [5.74, 6) is 0.590. The van der Waals surface area contributed by atoms with E-state index in [-0.39, 0.29) is 0 Å². The molecule has 2 aromatic heterocycles. The molecule has 3 aromatic rings. The number of benzene rings is 1. The number of nitrogens with one attached hydrogen (secondary N) is 2. The summed E-state index contributed by atoms with van der Waals surface area (Å²) < 4.78 is 11.6. The van der Waals surface area contributed by atoms with Crippen molar-refractivity contribution in [3.63, 3.8) is 0 Å². The van der Waals surface area contributed by atoms with Crippen LogP contribution in [0.1, 0.15) is 22.3 Å². The lowest BCUT2D eigenvalue weighted by Crippen LogP contribution is -3.06. The number of amides is 1. The van der Waals surface area contributed by atoms with Gasteiger partial charge in [-0.1, -0.05) is 0 Å². The Bertz CT molecular complexity index is 1030. The second kappa shape index (κ2) is 7.47. The number of likely N-dealkylation sites (N-methyl/N-ethyl adjacent to an activating group) is 1. The normalized spacial score (nSPS) is 13.4. The number of pyridine rings is 1. The molecular weight excluding hydrogens is 358 g/mol. The summed E-state index contributed by atoms with van der Waals surface area (Å²) in [6.45, 7) is 1.96. The summed E-state index contributed by atoms with van der Waals surface area (Å²) in [5, 5.41) is 0. The first-order valence-corrected chi connectivity index (χ1v) is 9.38. The number of aromatic nitrogens is 3. The Labute approximate surface area is 162 Å². The molecule has 0 spiro atoms. The van der Waals surface area contributed by atoms with Crippen molar-refractivity contribution in [1.29, 1.82) is 0 Å². The highest BCUT2D eigenvalue weighted by molar-refractivity contribution is 6.10. The molecule has 1 amide bonds. The number of carbonyl (C=O) groups excluding carboxylic acids is 1. The standard InChI is InChI=1S/C20H23N5O3/c1-25(2)5-7-27-15-9-14(17-18(24-11-23-17)16(15)19(21)26)13-8-12-4-3-6-28-20(12)22-10-13/h8-11H,3-7H2,1-2H3,(H2,21,26)(H,23,24)/p+1. The number of H-pyrrole nitrogens is 1. The Morgan fingerprint density at radius 3 is 3.00 bits per heavy atom. The lowest BCUT2D eigenvalue weighted by atomic mass is 9.99. The average Bonchev–Trinajstić information content (AvgIpc) is 3.15. The van der Waals surface area contributed by atoms with Gasteiger partial charge in [-0.3, -0.25) is 4.79 Å². The van der Waals surface area contributed by atoms with E-state index in [1.165, 1.54) is 4.90 Å². The third-order valence-electron chi connectivity index (χ3n) is 4.84. The van der Waals surface area contributed by atoms with Crippen molar-refractivity contribution in [3.8, 4) is 22.8 Å². The van der Waals surface area contributed by atoms with Crippen LogP contribution in [0.2, 0.25) is 0 Å². The molecule has 8 nitrogen and oxygen atoms in total. The first-order chi connectivity index (χ1) is 13.5. The summed E-state index contributed by atoms with van der Waals surface area (Å²) in [4.78, 5) is 25.3. The molecule has 0 saturated heterocycles. The Balaban J connectivity index is 1.83. The maximum Gasteiger partial charge on any atom is 0.254 e. The zero-order valence-electron chi connectivity index (χ0n) is 16.0. The Hall–Kier alpha value is -3.13. The van der Waals surface area contributed by atoms with Gasteiger partial charge in [-0.15, -0.1) is 0 Å². The number of imidazole rings is 1. The number of hydrogen-bond donors (Lipinski definition) is 3. The van der Waals surface area contributed by atoms with Crippen molar-refractivity contribution in [2.24, 2.45) is 5.73 Å². The maximum atomic E-state index is 12.1. The second-order valence-corrected chi connectivity index (χ2v) is 7.23. The van der Waals surface area contributed by atoms with Crippen LogP contribution in [0.5, 0.6) is 11.6 Å². The van der Waals surface area contributed by atoms with E-state index in [0.29, 0.717) is 41.4 Å². The minimum atomic E-state index is -0.551. The lowest BCUT2D eigenvalue weighted by Gasteiger charge is -2.18. The highest BCUT2D eigenvalue weighted by Gasteiger charge is 2.22. The average molecular weight is 382 g/mol. The van der Waals surface area contributed by atoms with Crippen LogP contribution >= 0.6 is 0 Å². The van der Waals surface area contributed by atoms with Crippen LogP contribution in [-0.2, 0) is 6.42 Å². The van der Waals surface area contributed by atoms with Gasteiger partial charge in [0.25, 0.3) is 5.91 Å². The molecule has 0 unspecified atom stereocenters. The molecule has 0 aliphatic carbocycles. The molecule has 1 aliphatic rings. The van der Waals surface area contributed by atoms with Crippen molar-refractivity contribution in [2.45, 2.75) is 12.8 Å². The number of primary amides is 1. The van der Waals surface area contributed by atoms with Crippen LogP contribution in [0.4, 0.5) is 0 Å². The number of quaternary nitrogens is 1. The highest BCUT2D eigenvalue weighted by Crippen LogP contribution is 2.36. The van der Waals surface area contributed by atoms with Crippen LogP contribution in [0, 0.1) is 0 Å². The monoisotopic (exact) mass is 382 g/mol. The SMILES string of the molecule is C[NH+](C)CCOc1cc(-c2cnc3c(c2)CCCO3)c2nc[nH]c2c1C(N)=O. The number of aryl methyl sites for hydroxylation is 1. The molecule has 4 rings (SSSR count). The molecule has 146 valence electrons. The molecule has 0 radical (unpaired) electrons. The van der Waals surface area contributed by atoms with Gasteiger partial charge >= 0.3 is 0 Å². The summed E-state index contributed by atoms with van der Waals surface area (Å²) in [7, 11) is 4.09. The Morgan fingerprint density at radius 2 is 2.21 bits per heavy atom. The fourth-order valence-corrected chi connectivity index (χ4v) is 3.41. The van der Waals surface area contributed by atoms with Gasteiger partial charge in [-0.25, -0.2) is 9.97 Å². The van der Waals surface area contributed by atoms with Gasteiger partial charge < -0.3 is 25.1 Å². The summed E-state index contributed by atoms with van der Waals surface area (Å²) in [6, 6.07) is 3.91. The van der Waals surface area contributed by atoms with Crippen molar-refractivity contribution in [3.05, 3.63) is 35.8 Å². The molecule has 4 N–H and O–H groups in total. The summed E-state index contributed by atoms with van der Waals surface area (Å²) in [6.07, 6.45) is 5.22. The molecule has 0 bridgehead atoms. The topological polar surface area (TPSA) is 108 Å². The molecule has 1 aliphatic heterocycles. The van der Waals surface area contributed by atoms with Gasteiger partial charge in [0.2, 0.25) is 5.88 Å². The molecular formula is C20H24N5O3+. The van der Waals surface area contributed by atoms with Crippen LogP contribution in [0.3, 0.4) is 0 Å². The van der Waals surface area contributed by atoms with E-state index in [2.05, 4.69) is 21.0 Å². The van der Waals surface area contributed by atoms with Gasteiger partial charge in [0.05, 0.1) is 38.1 Å². The fourth-order valence-electron chi connectivity index (χ4n) is 3.41. The van der Waals surface area contributed by atoms with Crippen molar-refractivity contribution in [2.75, 3.05) is 33.9 Å². The predicted octanol–water partition coefficient (Wildman–Crippen LogP) is 0.572. The number of nitrogens with zero attached hydrogens (tertiary/aromatic N) is 2. The number of fused-ring (bicyclic) bond motifs is 2.